The van der Waals surface area contributed by atoms with Crippen LogP contribution in [-0.4, -0.2) is 69.5 Å². The number of ether oxygens (including phenoxy) is 3. The largest absolute Gasteiger partial charge is 0.497 e. The number of hydrogen-bond acceptors (Lipinski definition) is 5. The van der Waals surface area contributed by atoms with E-state index in [0.29, 0.717) is 12.0 Å². The summed E-state index contributed by atoms with van der Waals surface area (Å²) in [6.45, 7) is 8.85. The van der Waals surface area contributed by atoms with Gasteiger partial charge in [0.2, 0.25) is 0 Å². The van der Waals surface area contributed by atoms with Crippen molar-refractivity contribution in [1.82, 2.24) is 9.80 Å². The standard InChI is InChI=1S/C25H34N2O3/c1-19-16-27(12-14-29-19)11-4-13-30-23-9-10-24-21(15-23)17-26(2)18-25(24)20-5-7-22(28-3)8-6-20/h5-10,15,19,25H,4,11-14,16-18H2,1-3H3. The summed E-state index contributed by atoms with van der Waals surface area (Å²) in [6, 6.07) is 15.1. The second-order valence-corrected chi connectivity index (χ2v) is 8.57. The van der Waals surface area contributed by atoms with E-state index >= 15 is 0 Å². The van der Waals surface area contributed by atoms with Crippen molar-refractivity contribution < 1.29 is 14.2 Å². The molecule has 0 aromatic heterocycles. The van der Waals surface area contributed by atoms with Gasteiger partial charge < -0.3 is 19.1 Å². The molecule has 2 atom stereocenters. The molecule has 0 N–H and O–H groups in total. The summed E-state index contributed by atoms with van der Waals surface area (Å²) in [4.78, 5) is 4.86. The second-order valence-electron chi connectivity index (χ2n) is 8.57. The number of nitrogens with zero attached hydrogens (tertiary/aromatic N) is 2. The van der Waals surface area contributed by atoms with Gasteiger partial charge in [0, 0.05) is 38.6 Å². The van der Waals surface area contributed by atoms with E-state index in [1.807, 2.05) is 0 Å². The third kappa shape index (κ3) is 5.15. The molecule has 2 aliphatic rings. The lowest BCUT2D eigenvalue weighted by Crippen LogP contribution is -2.41. The van der Waals surface area contributed by atoms with Gasteiger partial charge in [-0.3, -0.25) is 4.90 Å². The summed E-state index contributed by atoms with van der Waals surface area (Å²) >= 11 is 0. The number of morpholine rings is 1. The highest BCUT2D eigenvalue weighted by Crippen LogP contribution is 2.35. The van der Waals surface area contributed by atoms with Crippen LogP contribution in [0.15, 0.2) is 42.5 Å². The van der Waals surface area contributed by atoms with Crippen molar-refractivity contribution in [2.75, 3.05) is 53.6 Å². The summed E-state index contributed by atoms with van der Waals surface area (Å²) < 4.78 is 17.0. The van der Waals surface area contributed by atoms with Gasteiger partial charge in [-0.05, 0) is 61.3 Å². The zero-order valence-corrected chi connectivity index (χ0v) is 18.5. The molecule has 162 valence electrons. The Balaban J connectivity index is 1.37. The van der Waals surface area contributed by atoms with E-state index in [1.54, 1.807) is 7.11 Å². The van der Waals surface area contributed by atoms with E-state index in [4.69, 9.17) is 14.2 Å². The van der Waals surface area contributed by atoms with Gasteiger partial charge in [-0.15, -0.1) is 0 Å². The van der Waals surface area contributed by atoms with E-state index in [0.717, 1.165) is 63.9 Å². The van der Waals surface area contributed by atoms with Crippen molar-refractivity contribution in [1.29, 1.82) is 0 Å². The number of rotatable bonds is 7. The molecule has 1 saturated heterocycles. The maximum Gasteiger partial charge on any atom is 0.119 e. The molecule has 0 saturated carbocycles. The van der Waals surface area contributed by atoms with Crippen molar-refractivity contribution in [3.63, 3.8) is 0 Å². The Kier molecular flexibility index (Phi) is 6.93. The monoisotopic (exact) mass is 410 g/mol. The van der Waals surface area contributed by atoms with Gasteiger partial charge in [-0.1, -0.05) is 18.2 Å². The molecule has 4 rings (SSSR count). The first-order valence-electron chi connectivity index (χ1n) is 11.0. The number of hydrogen-bond donors (Lipinski definition) is 0. The molecule has 2 heterocycles. The summed E-state index contributed by atoms with van der Waals surface area (Å²) in [6.07, 6.45) is 1.38. The van der Waals surface area contributed by atoms with Crippen LogP contribution in [0.1, 0.15) is 36.0 Å². The van der Waals surface area contributed by atoms with Crippen molar-refractivity contribution in [2.45, 2.75) is 31.9 Å². The Morgan fingerprint density at radius 3 is 2.63 bits per heavy atom. The molecule has 0 bridgehead atoms. The lowest BCUT2D eigenvalue weighted by molar-refractivity contribution is -0.0193. The molecule has 30 heavy (non-hydrogen) atoms. The highest BCUT2D eigenvalue weighted by atomic mass is 16.5. The van der Waals surface area contributed by atoms with E-state index in [-0.39, 0.29) is 0 Å². The molecule has 2 unspecified atom stereocenters. The molecular formula is C25H34N2O3. The molecule has 0 amide bonds. The van der Waals surface area contributed by atoms with Crippen molar-refractivity contribution in [2.24, 2.45) is 0 Å². The van der Waals surface area contributed by atoms with E-state index in [9.17, 15) is 0 Å². The van der Waals surface area contributed by atoms with Gasteiger partial charge in [0.1, 0.15) is 11.5 Å². The number of likely N-dealkylation sites (N-methyl/N-ethyl adjacent to an activating group) is 1. The number of fused-ring (bicyclic) bond motifs is 1. The lowest BCUT2D eigenvalue weighted by Gasteiger charge is -2.33. The lowest BCUT2D eigenvalue weighted by atomic mass is 9.84. The molecular weight excluding hydrogens is 376 g/mol. The van der Waals surface area contributed by atoms with E-state index in [2.05, 4.69) is 66.2 Å². The number of methoxy groups -OCH3 is 1. The minimum atomic E-state index is 0.343. The molecule has 2 aliphatic heterocycles. The fourth-order valence-electron chi connectivity index (χ4n) is 4.61. The maximum atomic E-state index is 6.10. The summed E-state index contributed by atoms with van der Waals surface area (Å²) in [5.41, 5.74) is 4.11. The van der Waals surface area contributed by atoms with Gasteiger partial charge in [-0.2, -0.15) is 0 Å². The first-order chi connectivity index (χ1) is 14.6. The first kappa shape index (κ1) is 21.2. The van der Waals surface area contributed by atoms with Crippen LogP contribution < -0.4 is 9.47 Å². The summed E-state index contributed by atoms with van der Waals surface area (Å²) in [5.74, 6) is 2.26. The predicted molar refractivity (Wildman–Crippen MR) is 120 cm³/mol. The van der Waals surface area contributed by atoms with Gasteiger partial charge >= 0.3 is 0 Å². The SMILES string of the molecule is COc1ccc(C2CN(C)Cc3cc(OCCCN4CCOC(C)C4)ccc32)cc1. The van der Waals surface area contributed by atoms with E-state index in [1.165, 1.54) is 16.7 Å². The zero-order chi connectivity index (χ0) is 20.9. The van der Waals surface area contributed by atoms with Crippen LogP contribution in [0, 0.1) is 0 Å². The van der Waals surface area contributed by atoms with Crippen LogP contribution in [0.3, 0.4) is 0 Å². The van der Waals surface area contributed by atoms with Crippen molar-refractivity contribution >= 4 is 0 Å². The Morgan fingerprint density at radius 1 is 1.07 bits per heavy atom. The first-order valence-corrected chi connectivity index (χ1v) is 11.0. The maximum absolute atomic E-state index is 6.10. The third-order valence-corrected chi connectivity index (χ3v) is 6.16. The average molecular weight is 411 g/mol. The molecule has 0 aliphatic carbocycles. The van der Waals surface area contributed by atoms with Crippen LogP contribution >= 0.6 is 0 Å². The van der Waals surface area contributed by atoms with Crippen LogP contribution in [0.25, 0.3) is 0 Å². The minimum Gasteiger partial charge on any atom is -0.497 e. The summed E-state index contributed by atoms with van der Waals surface area (Å²) in [5, 5.41) is 0. The predicted octanol–water partition coefficient (Wildman–Crippen LogP) is 3.76. The second kappa shape index (κ2) is 9.82. The van der Waals surface area contributed by atoms with Gasteiger partial charge in [0.15, 0.2) is 0 Å². The molecule has 1 fully saturated rings. The van der Waals surface area contributed by atoms with Gasteiger partial charge in [-0.25, -0.2) is 0 Å². The van der Waals surface area contributed by atoms with Crippen LogP contribution in [0.5, 0.6) is 11.5 Å². The minimum absolute atomic E-state index is 0.343. The van der Waals surface area contributed by atoms with Crippen LogP contribution in [0.2, 0.25) is 0 Å². The van der Waals surface area contributed by atoms with E-state index < -0.39 is 0 Å². The van der Waals surface area contributed by atoms with Crippen LogP contribution in [0.4, 0.5) is 0 Å². The van der Waals surface area contributed by atoms with Gasteiger partial charge in [0.25, 0.3) is 0 Å². The Hall–Kier alpha value is -2.08. The van der Waals surface area contributed by atoms with Crippen molar-refractivity contribution in [3.05, 3.63) is 59.2 Å². The highest BCUT2D eigenvalue weighted by Gasteiger charge is 2.25. The number of benzene rings is 2. The van der Waals surface area contributed by atoms with Gasteiger partial charge in [0.05, 0.1) is 26.4 Å². The van der Waals surface area contributed by atoms with Crippen molar-refractivity contribution in [3.8, 4) is 11.5 Å². The smallest absolute Gasteiger partial charge is 0.119 e. The fraction of sp³-hybridized carbons (Fsp3) is 0.520. The molecule has 2 aromatic rings. The molecule has 0 spiro atoms. The Labute approximate surface area is 180 Å². The summed E-state index contributed by atoms with van der Waals surface area (Å²) in [7, 11) is 3.90. The fourth-order valence-corrected chi connectivity index (χ4v) is 4.61. The average Bonchev–Trinajstić information content (AvgIpc) is 2.76. The Morgan fingerprint density at radius 2 is 1.87 bits per heavy atom. The topological polar surface area (TPSA) is 34.2 Å². The third-order valence-electron chi connectivity index (χ3n) is 6.16. The highest BCUT2D eigenvalue weighted by molar-refractivity contribution is 5.45. The normalized spacial score (nSPS) is 22.5. The molecule has 5 heteroatoms. The Bertz CT molecular complexity index is 824. The van der Waals surface area contributed by atoms with Crippen LogP contribution in [-0.2, 0) is 11.3 Å². The molecule has 2 aromatic carbocycles. The zero-order valence-electron chi connectivity index (χ0n) is 18.5. The molecule has 0 radical (unpaired) electrons. The molecule has 5 nitrogen and oxygen atoms in total. The quantitative estimate of drug-likeness (QED) is 0.650.